The molecule has 3 N–H and O–H groups in total. The number of rotatable bonds is 2. The van der Waals surface area contributed by atoms with Crippen LogP contribution < -0.4 is 11.1 Å². The monoisotopic (exact) mass is 344 g/mol. The van der Waals surface area contributed by atoms with Gasteiger partial charge in [0.2, 0.25) is 0 Å². The summed E-state index contributed by atoms with van der Waals surface area (Å²) in [5.74, 6) is -0.314. The molecule has 0 radical (unpaired) electrons. The van der Waals surface area contributed by atoms with E-state index in [0.29, 0.717) is 11.4 Å². The van der Waals surface area contributed by atoms with Gasteiger partial charge < -0.3 is 16.0 Å². The summed E-state index contributed by atoms with van der Waals surface area (Å²) in [6.07, 6.45) is 1.22. The van der Waals surface area contributed by atoms with E-state index in [0.717, 1.165) is 30.1 Å². The number of carbonyl (C=O) groups excluding carboxylic acids is 1. The number of amides is 1. The molecule has 122 valence electrons. The second-order valence-corrected chi connectivity index (χ2v) is 9.34. The number of nitrogens with one attached hydrogen (secondary N) is 1. The van der Waals surface area contributed by atoms with Crippen LogP contribution in [0.25, 0.3) is 0 Å². The van der Waals surface area contributed by atoms with E-state index in [4.69, 9.17) is 5.73 Å². The number of hydrogen-bond acceptors (Lipinski definition) is 7. The van der Waals surface area contributed by atoms with Crippen molar-refractivity contribution in [3.05, 3.63) is 15.6 Å². The maximum atomic E-state index is 12.3. The molecule has 0 unspecified atom stereocenters. The Morgan fingerprint density at radius 2 is 2.27 bits per heavy atom. The molecule has 7 nitrogen and oxygen atoms in total. The van der Waals surface area contributed by atoms with E-state index in [2.05, 4.69) is 15.2 Å². The van der Waals surface area contributed by atoms with Gasteiger partial charge in [-0.25, -0.2) is 13.4 Å². The zero-order chi connectivity index (χ0) is 15.9. The van der Waals surface area contributed by atoms with Gasteiger partial charge in [0, 0.05) is 30.4 Å². The molecule has 2 atom stereocenters. The molecule has 3 rings (SSSR count). The molecular weight excluding hydrogens is 324 g/mol. The SMILES string of the molecule is CN1CCc2nc(C(=O)N[C@@H]3CS(=O)(=O)CC[C@H]3N)sc2C1. The van der Waals surface area contributed by atoms with Gasteiger partial charge in [-0.05, 0) is 13.5 Å². The minimum absolute atomic E-state index is 0.0895. The van der Waals surface area contributed by atoms with Crippen LogP contribution in [0.3, 0.4) is 0 Å². The molecule has 3 heterocycles. The summed E-state index contributed by atoms with van der Waals surface area (Å²) in [4.78, 5) is 20.0. The lowest BCUT2D eigenvalue weighted by Gasteiger charge is -2.28. The Bertz CT molecular complexity index is 685. The average molecular weight is 344 g/mol. The van der Waals surface area contributed by atoms with Crippen LogP contribution in [0.4, 0.5) is 0 Å². The van der Waals surface area contributed by atoms with Crippen LogP contribution >= 0.6 is 11.3 Å². The number of carbonyl (C=O) groups is 1. The zero-order valence-electron chi connectivity index (χ0n) is 12.4. The fourth-order valence-electron chi connectivity index (χ4n) is 2.80. The Hall–Kier alpha value is -1.03. The number of nitrogens with two attached hydrogens (primary N) is 1. The van der Waals surface area contributed by atoms with Crippen LogP contribution in [0, 0.1) is 0 Å². The molecule has 2 aliphatic heterocycles. The third kappa shape index (κ3) is 3.32. The molecular formula is C13H20N4O3S2. The van der Waals surface area contributed by atoms with Crippen molar-refractivity contribution in [2.75, 3.05) is 25.1 Å². The molecule has 0 saturated carbocycles. The van der Waals surface area contributed by atoms with Crippen LogP contribution in [0.15, 0.2) is 0 Å². The highest BCUT2D eigenvalue weighted by Gasteiger charge is 2.33. The fourth-order valence-corrected chi connectivity index (χ4v) is 5.56. The molecule has 22 heavy (non-hydrogen) atoms. The van der Waals surface area contributed by atoms with Crippen LogP contribution in [0.2, 0.25) is 0 Å². The van der Waals surface area contributed by atoms with Crippen molar-refractivity contribution in [2.45, 2.75) is 31.5 Å². The van der Waals surface area contributed by atoms with Crippen molar-refractivity contribution >= 4 is 27.1 Å². The molecule has 1 fully saturated rings. The highest BCUT2D eigenvalue weighted by atomic mass is 32.2. The molecule has 2 aliphatic rings. The van der Waals surface area contributed by atoms with E-state index >= 15 is 0 Å². The first-order chi connectivity index (χ1) is 10.3. The van der Waals surface area contributed by atoms with Gasteiger partial charge in [0.05, 0.1) is 23.2 Å². The van der Waals surface area contributed by atoms with Crippen LogP contribution in [0.5, 0.6) is 0 Å². The molecule has 1 aromatic heterocycles. The lowest BCUT2D eigenvalue weighted by Crippen LogP contribution is -2.55. The first kappa shape index (κ1) is 15.9. The van der Waals surface area contributed by atoms with E-state index in [9.17, 15) is 13.2 Å². The number of thiazole rings is 1. The summed E-state index contributed by atoms with van der Waals surface area (Å²) in [6, 6.07) is -0.858. The lowest BCUT2D eigenvalue weighted by molar-refractivity contribution is 0.0933. The smallest absolute Gasteiger partial charge is 0.280 e. The van der Waals surface area contributed by atoms with E-state index < -0.39 is 15.9 Å². The minimum atomic E-state index is -3.12. The summed E-state index contributed by atoms with van der Waals surface area (Å²) in [7, 11) is -1.08. The van der Waals surface area contributed by atoms with Gasteiger partial charge in [0.25, 0.3) is 5.91 Å². The van der Waals surface area contributed by atoms with Crippen molar-refractivity contribution in [1.29, 1.82) is 0 Å². The summed E-state index contributed by atoms with van der Waals surface area (Å²) in [5, 5.41) is 3.15. The first-order valence-electron chi connectivity index (χ1n) is 7.28. The highest BCUT2D eigenvalue weighted by molar-refractivity contribution is 7.91. The van der Waals surface area contributed by atoms with Crippen LogP contribution in [-0.2, 0) is 22.8 Å². The van der Waals surface area contributed by atoms with E-state index in [1.54, 1.807) is 0 Å². The molecule has 0 aromatic carbocycles. The normalized spacial score (nSPS) is 28.1. The third-order valence-electron chi connectivity index (χ3n) is 4.15. The number of fused-ring (bicyclic) bond motifs is 1. The molecule has 0 aliphatic carbocycles. The molecule has 9 heteroatoms. The Labute approximate surface area is 133 Å². The first-order valence-corrected chi connectivity index (χ1v) is 9.92. The average Bonchev–Trinajstić information content (AvgIpc) is 2.85. The predicted molar refractivity (Wildman–Crippen MR) is 84.7 cm³/mol. The molecule has 1 aromatic rings. The van der Waals surface area contributed by atoms with Crippen molar-refractivity contribution in [3.63, 3.8) is 0 Å². The second kappa shape index (κ2) is 5.88. The Morgan fingerprint density at radius 3 is 3.05 bits per heavy atom. The van der Waals surface area contributed by atoms with Crippen molar-refractivity contribution in [3.8, 4) is 0 Å². The number of aromatic nitrogens is 1. The highest BCUT2D eigenvalue weighted by Crippen LogP contribution is 2.24. The summed E-state index contributed by atoms with van der Waals surface area (Å²) >= 11 is 1.38. The fraction of sp³-hybridized carbons (Fsp3) is 0.692. The van der Waals surface area contributed by atoms with Crippen LogP contribution in [-0.4, -0.2) is 61.4 Å². The Kier molecular flexibility index (Phi) is 4.23. The van der Waals surface area contributed by atoms with Gasteiger partial charge in [-0.3, -0.25) is 4.79 Å². The Balaban J connectivity index is 1.72. The zero-order valence-corrected chi connectivity index (χ0v) is 14.0. The van der Waals surface area contributed by atoms with Gasteiger partial charge in [0.1, 0.15) is 0 Å². The maximum Gasteiger partial charge on any atom is 0.280 e. The lowest BCUT2D eigenvalue weighted by atomic mass is 10.1. The van der Waals surface area contributed by atoms with E-state index in [-0.39, 0.29) is 23.5 Å². The van der Waals surface area contributed by atoms with E-state index in [1.165, 1.54) is 11.3 Å². The topological polar surface area (TPSA) is 105 Å². The second-order valence-electron chi connectivity index (χ2n) is 6.02. The minimum Gasteiger partial charge on any atom is -0.345 e. The number of likely N-dealkylation sites (N-methyl/N-ethyl adjacent to an activating group) is 1. The molecule has 1 saturated heterocycles. The number of sulfone groups is 1. The molecule has 0 bridgehead atoms. The third-order valence-corrected chi connectivity index (χ3v) is 6.95. The molecule has 0 spiro atoms. The maximum absolute atomic E-state index is 12.3. The van der Waals surface area contributed by atoms with Crippen LogP contribution in [0.1, 0.15) is 26.8 Å². The van der Waals surface area contributed by atoms with Gasteiger partial charge in [-0.15, -0.1) is 11.3 Å². The number of hydrogen-bond donors (Lipinski definition) is 2. The van der Waals surface area contributed by atoms with E-state index in [1.807, 2.05) is 7.05 Å². The number of nitrogens with zero attached hydrogens (tertiary/aromatic N) is 2. The van der Waals surface area contributed by atoms with Crippen molar-refractivity contribution in [1.82, 2.24) is 15.2 Å². The predicted octanol–water partition coefficient (Wildman–Crippen LogP) is -0.625. The van der Waals surface area contributed by atoms with Gasteiger partial charge in [-0.1, -0.05) is 0 Å². The largest absolute Gasteiger partial charge is 0.345 e. The van der Waals surface area contributed by atoms with Crippen molar-refractivity contribution in [2.24, 2.45) is 5.73 Å². The van der Waals surface area contributed by atoms with Gasteiger partial charge in [-0.2, -0.15) is 0 Å². The summed E-state index contributed by atoms with van der Waals surface area (Å²) < 4.78 is 23.4. The van der Waals surface area contributed by atoms with Crippen molar-refractivity contribution < 1.29 is 13.2 Å². The van der Waals surface area contributed by atoms with Gasteiger partial charge >= 0.3 is 0 Å². The summed E-state index contributed by atoms with van der Waals surface area (Å²) in [5.41, 5.74) is 6.92. The Morgan fingerprint density at radius 1 is 1.50 bits per heavy atom. The summed E-state index contributed by atoms with van der Waals surface area (Å²) in [6.45, 7) is 1.74. The molecule has 1 amide bonds. The standard InChI is InChI=1S/C13H20N4O3S2/c1-17-4-2-9-11(6-17)21-13(16-9)12(18)15-10-7-22(19,20)5-3-8(10)14/h8,10H,2-7,14H2,1H3,(H,15,18)/t8-,10-/m1/s1. The van der Waals surface area contributed by atoms with Gasteiger partial charge in [0.15, 0.2) is 14.8 Å². The quantitative estimate of drug-likeness (QED) is 0.740.